The maximum atomic E-state index is 13.0. The Hall–Kier alpha value is -2.00. The van der Waals surface area contributed by atoms with Crippen LogP contribution >= 0.6 is 0 Å². The van der Waals surface area contributed by atoms with Crippen molar-refractivity contribution in [1.82, 2.24) is 24.0 Å². The highest BCUT2D eigenvalue weighted by Crippen LogP contribution is 2.21. The Labute approximate surface area is 141 Å². The number of pyridine rings is 1. The summed E-state index contributed by atoms with van der Waals surface area (Å²) in [5.41, 5.74) is 1.98. The number of amides is 1. The molecule has 0 radical (unpaired) electrons. The first-order valence-corrected chi connectivity index (χ1v) is 9.58. The van der Waals surface area contributed by atoms with Crippen LogP contribution in [0, 0.1) is 6.92 Å². The van der Waals surface area contributed by atoms with E-state index in [4.69, 9.17) is 0 Å². The van der Waals surface area contributed by atoms with Crippen molar-refractivity contribution in [2.24, 2.45) is 7.05 Å². The number of nitrogens with zero attached hydrogens (tertiary/aromatic N) is 5. The van der Waals surface area contributed by atoms with E-state index in [1.165, 1.54) is 10.6 Å². The van der Waals surface area contributed by atoms with Gasteiger partial charge in [-0.2, -0.15) is 9.40 Å². The Balaban J connectivity index is 1.91. The van der Waals surface area contributed by atoms with E-state index in [2.05, 4.69) is 10.1 Å². The quantitative estimate of drug-likeness (QED) is 0.781. The van der Waals surface area contributed by atoms with Crippen LogP contribution in [0.25, 0.3) is 11.0 Å². The molecule has 1 aliphatic rings. The Morgan fingerprint density at radius 3 is 2.67 bits per heavy atom. The van der Waals surface area contributed by atoms with Crippen LogP contribution in [0.5, 0.6) is 0 Å². The molecular formula is C15H21N5O3S. The second kappa shape index (κ2) is 5.82. The topological polar surface area (TPSA) is 88.4 Å². The van der Waals surface area contributed by atoms with Crippen molar-refractivity contribution in [3.8, 4) is 0 Å². The zero-order valence-corrected chi connectivity index (χ0v) is 15.0. The normalized spacial score (nSPS) is 19.8. The predicted molar refractivity (Wildman–Crippen MR) is 90.2 cm³/mol. The van der Waals surface area contributed by atoms with Crippen molar-refractivity contribution in [3.05, 3.63) is 23.5 Å². The molecule has 3 rings (SSSR count). The van der Waals surface area contributed by atoms with Gasteiger partial charge in [-0.1, -0.05) is 0 Å². The molecule has 3 heterocycles. The number of hydrogen-bond acceptors (Lipinski definition) is 5. The van der Waals surface area contributed by atoms with Crippen LogP contribution < -0.4 is 0 Å². The first kappa shape index (κ1) is 16.8. The number of aromatic nitrogens is 3. The summed E-state index contributed by atoms with van der Waals surface area (Å²) in [4.78, 5) is 19.1. The van der Waals surface area contributed by atoms with Crippen LogP contribution in [-0.2, 0) is 17.1 Å². The predicted octanol–water partition coefficient (Wildman–Crippen LogP) is 0.383. The van der Waals surface area contributed by atoms with Crippen LogP contribution in [0.4, 0.5) is 0 Å². The van der Waals surface area contributed by atoms with Crippen LogP contribution in [0.2, 0.25) is 0 Å². The second-order valence-corrected chi connectivity index (χ2v) is 8.23. The van der Waals surface area contributed by atoms with E-state index >= 15 is 0 Å². The number of carbonyl (C=O) groups excluding carboxylic acids is 1. The largest absolute Gasteiger partial charge is 0.336 e. The first-order valence-electron chi connectivity index (χ1n) is 7.74. The molecule has 0 unspecified atom stereocenters. The molecule has 0 N–H and O–H groups in total. The van der Waals surface area contributed by atoms with Crippen molar-refractivity contribution in [1.29, 1.82) is 0 Å². The summed E-state index contributed by atoms with van der Waals surface area (Å²) in [6, 6.07) is 1.52. The third-order valence-corrected chi connectivity index (χ3v) is 5.74. The van der Waals surface area contributed by atoms with E-state index < -0.39 is 10.0 Å². The molecule has 2 aromatic heterocycles. The van der Waals surface area contributed by atoms with Crippen molar-refractivity contribution >= 4 is 27.0 Å². The second-order valence-electron chi connectivity index (χ2n) is 6.29. The van der Waals surface area contributed by atoms with Crippen LogP contribution in [-0.4, -0.2) is 70.2 Å². The summed E-state index contributed by atoms with van der Waals surface area (Å²) >= 11 is 0. The van der Waals surface area contributed by atoms with Gasteiger partial charge in [0.15, 0.2) is 5.65 Å². The monoisotopic (exact) mass is 351 g/mol. The van der Waals surface area contributed by atoms with E-state index in [1.54, 1.807) is 28.9 Å². The molecule has 0 spiro atoms. The number of hydrogen-bond donors (Lipinski definition) is 0. The molecule has 24 heavy (non-hydrogen) atoms. The summed E-state index contributed by atoms with van der Waals surface area (Å²) in [6.07, 6.45) is 2.84. The summed E-state index contributed by atoms with van der Waals surface area (Å²) in [5, 5.41) is 4.89. The molecule has 1 aliphatic heterocycles. The molecule has 1 atom stereocenters. The van der Waals surface area contributed by atoms with E-state index in [0.717, 1.165) is 5.69 Å². The van der Waals surface area contributed by atoms with Gasteiger partial charge in [-0.15, -0.1) is 0 Å². The lowest BCUT2D eigenvalue weighted by molar-refractivity contribution is 0.0644. The zero-order chi connectivity index (χ0) is 17.6. The lowest BCUT2D eigenvalue weighted by Crippen LogP contribution is -2.55. The Morgan fingerprint density at radius 2 is 2.04 bits per heavy atom. The Kier molecular flexibility index (Phi) is 4.08. The van der Waals surface area contributed by atoms with Gasteiger partial charge in [0, 0.05) is 38.4 Å². The molecule has 130 valence electrons. The highest BCUT2D eigenvalue weighted by molar-refractivity contribution is 7.88. The van der Waals surface area contributed by atoms with Crippen molar-refractivity contribution in [2.75, 3.05) is 25.9 Å². The van der Waals surface area contributed by atoms with Crippen LogP contribution in [0.3, 0.4) is 0 Å². The van der Waals surface area contributed by atoms with Gasteiger partial charge in [0.25, 0.3) is 5.91 Å². The number of carbonyl (C=O) groups is 1. The minimum absolute atomic E-state index is 0.112. The van der Waals surface area contributed by atoms with E-state index in [-0.39, 0.29) is 11.9 Å². The van der Waals surface area contributed by atoms with E-state index in [9.17, 15) is 13.2 Å². The standard InChI is InChI=1S/C15H21N5O3S/c1-10-7-12(13-8-16-18(3)14(13)17-10)15(21)19-5-6-20(11(2)9-19)24(4,22)23/h7-8,11H,5-6,9H2,1-4H3/t11-/m0/s1. The lowest BCUT2D eigenvalue weighted by Gasteiger charge is -2.38. The summed E-state index contributed by atoms with van der Waals surface area (Å²) < 4.78 is 26.6. The molecule has 2 aromatic rings. The average Bonchev–Trinajstić information content (AvgIpc) is 2.85. The van der Waals surface area contributed by atoms with Crippen LogP contribution in [0.1, 0.15) is 23.0 Å². The Morgan fingerprint density at radius 1 is 1.33 bits per heavy atom. The molecule has 0 aromatic carbocycles. The molecule has 0 bridgehead atoms. The molecular weight excluding hydrogens is 330 g/mol. The molecule has 0 aliphatic carbocycles. The fourth-order valence-electron chi connectivity index (χ4n) is 3.21. The average molecular weight is 351 g/mol. The van der Waals surface area contributed by atoms with Gasteiger partial charge in [-0.25, -0.2) is 13.4 Å². The highest BCUT2D eigenvalue weighted by Gasteiger charge is 2.32. The molecule has 1 saturated heterocycles. The Bertz CT molecular complexity index is 905. The number of piperazine rings is 1. The van der Waals surface area contributed by atoms with E-state index in [1.807, 2.05) is 13.8 Å². The van der Waals surface area contributed by atoms with E-state index in [0.29, 0.717) is 36.2 Å². The van der Waals surface area contributed by atoms with Gasteiger partial charge in [-0.3, -0.25) is 9.48 Å². The minimum Gasteiger partial charge on any atom is -0.336 e. The fraction of sp³-hybridized carbons (Fsp3) is 0.533. The summed E-state index contributed by atoms with van der Waals surface area (Å²) in [7, 11) is -1.47. The maximum Gasteiger partial charge on any atom is 0.254 e. The van der Waals surface area contributed by atoms with Gasteiger partial charge < -0.3 is 4.90 Å². The summed E-state index contributed by atoms with van der Waals surface area (Å²) in [5.74, 6) is -0.112. The van der Waals surface area contributed by atoms with Crippen molar-refractivity contribution in [3.63, 3.8) is 0 Å². The number of rotatable bonds is 2. The molecule has 9 heteroatoms. The third kappa shape index (κ3) is 2.89. The molecule has 8 nitrogen and oxygen atoms in total. The van der Waals surface area contributed by atoms with Gasteiger partial charge >= 0.3 is 0 Å². The highest BCUT2D eigenvalue weighted by atomic mass is 32.2. The molecule has 0 saturated carbocycles. The smallest absolute Gasteiger partial charge is 0.254 e. The number of sulfonamides is 1. The minimum atomic E-state index is -3.25. The number of aryl methyl sites for hydroxylation is 2. The van der Waals surface area contributed by atoms with Gasteiger partial charge in [0.05, 0.1) is 23.4 Å². The van der Waals surface area contributed by atoms with Gasteiger partial charge in [0.2, 0.25) is 10.0 Å². The molecule has 1 amide bonds. The van der Waals surface area contributed by atoms with Crippen molar-refractivity contribution < 1.29 is 13.2 Å². The maximum absolute atomic E-state index is 13.0. The number of fused-ring (bicyclic) bond motifs is 1. The lowest BCUT2D eigenvalue weighted by atomic mass is 10.1. The van der Waals surface area contributed by atoms with Gasteiger partial charge in [0.1, 0.15) is 0 Å². The fourth-order valence-corrected chi connectivity index (χ4v) is 4.34. The SMILES string of the molecule is Cc1cc(C(=O)N2CCN(S(C)(=O)=O)[C@@H](C)C2)c2cnn(C)c2n1. The first-order chi connectivity index (χ1) is 11.2. The third-order valence-electron chi connectivity index (χ3n) is 4.34. The zero-order valence-electron chi connectivity index (χ0n) is 14.2. The summed E-state index contributed by atoms with van der Waals surface area (Å²) in [6.45, 7) is 4.71. The van der Waals surface area contributed by atoms with Gasteiger partial charge in [-0.05, 0) is 19.9 Å². The van der Waals surface area contributed by atoms with Crippen molar-refractivity contribution in [2.45, 2.75) is 19.9 Å². The molecule has 1 fully saturated rings. The van der Waals surface area contributed by atoms with Crippen LogP contribution in [0.15, 0.2) is 12.3 Å².